The lowest BCUT2D eigenvalue weighted by Gasteiger charge is -2.25. The van der Waals surface area contributed by atoms with Gasteiger partial charge in [0.15, 0.2) is 5.11 Å². The highest BCUT2D eigenvalue weighted by Gasteiger charge is 2.14. The lowest BCUT2D eigenvalue weighted by Crippen LogP contribution is -2.33. The lowest BCUT2D eigenvalue weighted by atomic mass is 10.2. The van der Waals surface area contributed by atoms with E-state index in [1.54, 1.807) is 13.4 Å². The Balaban J connectivity index is 1.77. The first kappa shape index (κ1) is 18.3. The van der Waals surface area contributed by atoms with Crippen LogP contribution in [0.25, 0.3) is 0 Å². The molecule has 1 heterocycles. The average molecular weight is 387 g/mol. The Bertz CT molecular complexity index is 851. The van der Waals surface area contributed by atoms with Crippen molar-refractivity contribution in [1.82, 2.24) is 4.90 Å². The van der Waals surface area contributed by atoms with Crippen molar-refractivity contribution in [1.29, 1.82) is 0 Å². The maximum absolute atomic E-state index is 6.32. The molecule has 0 saturated heterocycles. The van der Waals surface area contributed by atoms with Gasteiger partial charge >= 0.3 is 0 Å². The van der Waals surface area contributed by atoms with E-state index in [4.69, 9.17) is 33.0 Å². The van der Waals surface area contributed by atoms with Gasteiger partial charge in [0.1, 0.15) is 11.5 Å². The number of methoxy groups -OCH3 is 1. The molecule has 0 aliphatic rings. The minimum Gasteiger partial charge on any atom is -0.497 e. The second kappa shape index (κ2) is 8.74. The number of halogens is 1. The van der Waals surface area contributed by atoms with Gasteiger partial charge in [-0.15, -0.1) is 0 Å². The summed E-state index contributed by atoms with van der Waals surface area (Å²) in [6, 6.07) is 19.2. The Hall–Kier alpha value is -2.50. The van der Waals surface area contributed by atoms with Crippen LogP contribution in [0.2, 0.25) is 5.02 Å². The molecule has 0 atom stereocenters. The van der Waals surface area contributed by atoms with Crippen LogP contribution in [-0.2, 0) is 13.1 Å². The number of hydrogen-bond donors (Lipinski definition) is 1. The number of rotatable bonds is 6. The zero-order valence-electron chi connectivity index (χ0n) is 14.3. The Morgan fingerprint density at radius 1 is 1.08 bits per heavy atom. The van der Waals surface area contributed by atoms with Gasteiger partial charge in [0.25, 0.3) is 0 Å². The average Bonchev–Trinajstić information content (AvgIpc) is 3.16. The van der Waals surface area contributed by atoms with Crippen molar-refractivity contribution in [2.45, 2.75) is 13.1 Å². The van der Waals surface area contributed by atoms with Gasteiger partial charge in [-0.1, -0.05) is 29.8 Å². The van der Waals surface area contributed by atoms with Gasteiger partial charge in [0.2, 0.25) is 0 Å². The van der Waals surface area contributed by atoms with E-state index in [1.165, 1.54) is 0 Å². The smallest absolute Gasteiger partial charge is 0.174 e. The number of thiocarbonyl (C=S) groups is 1. The van der Waals surface area contributed by atoms with Gasteiger partial charge in [-0.2, -0.15) is 0 Å². The van der Waals surface area contributed by atoms with E-state index in [-0.39, 0.29) is 0 Å². The van der Waals surface area contributed by atoms with E-state index < -0.39 is 0 Å². The fourth-order valence-corrected chi connectivity index (χ4v) is 2.94. The second-order valence-electron chi connectivity index (χ2n) is 5.69. The van der Waals surface area contributed by atoms with Crippen molar-refractivity contribution >= 4 is 34.6 Å². The Labute approximate surface area is 163 Å². The van der Waals surface area contributed by atoms with Crippen LogP contribution in [0.15, 0.2) is 71.3 Å². The molecule has 1 N–H and O–H groups in total. The van der Waals surface area contributed by atoms with E-state index in [2.05, 4.69) is 5.32 Å². The molecule has 2 aromatic carbocycles. The summed E-state index contributed by atoms with van der Waals surface area (Å²) in [6.45, 7) is 1.11. The third kappa shape index (κ3) is 4.77. The highest BCUT2D eigenvalue weighted by Crippen LogP contribution is 2.20. The van der Waals surface area contributed by atoms with Crippen LogP contribution in [0, 0.1) is 0 Å². The molecule has 0 radical (unpaired) electrons. The summed E-state index contributed by atoms with van der Waals surface area (Å²) in [5.74, 6) is 1.63. The van der Waals surface area contributed by atoms with Crippen LogP contribution >= 0.6 is 23.8 Å². The molecule has 0 aliphatic carbocycles. The summed E-state index contributed by atoms with van der Waals surface area (Å²) in [5.41, 5.74) is 1.89. The zero-order chi connectivity index (χ0) is 18.4. The Kier molecular flexibility index (Phi) is 6.15. The molecule has 134 valence electrons. The van der Waals surface area contributed by atoms with Crippen molar-refractivity contribution in [3.8, 4) is 5.75 Å². The van der Waals surface area contributed by atoms with Gasteiger partial charge in [0.05, 0.1) is 19.9 Å². The number of benzene rings is 2. The monoisotopic (exact) mass is 386 g/mol. The molecule has 0 aliphatic heterocycles. The van der Waals surface area contributed by atoms with Crippen molar-refractivity contribution < 1.29 is 9.15 Å². The fourth-order valence-electron chi connectivity index (χ4n) is 2.50. The third-order valence-electron chi connectivity index (χ3n) is 3.87. The number of nitrogens with one attached hydrogen (secondary N) is 1. The minimum atomic E-state index is 0.542. The largest absolute Gasteiger partial charge is 0.497 e. The second-order valence-corrected chi connectivity index (χ2v) is 6.48. The van der Waals surface area contributed by atoms with Gasteiger partial charge in [-0.05, 0) is 60.2 Å². The molecule has 4 nitrogen and oxygen atoms in total. The molecule has 3 aromatic rings. The maximum Gasteiger partial charge on any atom is 0.174 e. The molecule has 0 spiro atoms. The topological polar surface area (TPSA) is 37.6 Å². The molecule has 0 unspecified atom stereocenters. The highest BCUT2D eigenvalue weighted by molar-refractivity contribution is 7.80. The Morgan fingerprint density at radius 2 is 1.85 bits per heavy atom. The SMILES string of the molecule is COc1ccc(NC(=S)N(Cc2ccco2)Cc2ccccc2Cl)cc1. The van der Waals surface area contributed by atoms with Crippen molar-refractivity contribution in [2.75, 3.05) is 12.4 Å². The van der Waals surface area contributed by atoms with Crippen LogP contribution in [0.5, 0.6) is 5.75 Å². The van der Waals surface area contributed by atoms with Gasteiger partial charge in [-0.3, -0.25) is 0 Å². The summed E-state index contributed by atoms with van der Waals surface area (Å²) >= 11 is 12.0. The molecule has 1 aromatic heterocycles. The summed E-state index contributed by atoms with van der Waals surface area (Å²) in [6.07, 6.45) is 1.66. The molecule has 6 heteroatoms. The van der Waals surface area contributed by atoms with Gasteiger partial charge in [-0.25, -0.2) is 0 Å². The predicted molar refractivity (Wildman–Crippen MR) is 109 cm³/mol. The van der Waals surface area contributed by atoms with E-state index in [0.717, 1.165) is 22.8 Å². The van der Waals surface area contributed by atoms with Crippen LogP contribution in [0.1, 0.15) is 11.3 Å². The van der Waals surface area contributed by atoms with E-state index in [0.29, 0.717) is 23.2 Å². The quantitative estimate of drug-likeness (QED) is 0.579. The number of furan rings is 1. The summed E-state index contributed by atoms with van der Waals surface area (Å²) in [4.78, 5) is 2.01. The highest BCUT2D eigenvalue weighted by atomic mass is 35.5. The molecule has 0 bridgehead atoms. The number of hydrogen-bond acceptors (Lipinski definition) is 3. The molecule has 0 saturated carbocycles. The van der Waals surface area contributed by atoms with E-state index in [1.807, 2.05) is 65.6 Å². The van der Waals surface area contributed by atoms with Crippen LogP contribution in [-0.4, -0.2) is 17.1 Å². The molecule has 26 heavy (non-hydrogen) atoms. The molecule has 3 rings (SSSR count). The number of ether oxygens (including phenoxy) is 1. The van der Waals surface area contributed by atoms with Crippen molar-refractivity contribution in [2.24, 2.45) is 0 Å². The Morgan fingerprint density at radius 3 is 2.50 bits per heavy atom. The maximum atomic E-state index is 6.32. The lowest BCUT2D eigenvalue weighted by molar-refractivity contribution is 0.360. The summed E-state index contributed by atoms with van der Waals surface area (Å²) < 4.78 is 10.7. The standard InChI is InChI=1S/C20H19ClN2O2S/c1-24-17-10-8-16(9-11-17)22-20(26)23(14-18-6-4-12-25-18)13-15-5-2-3-7-19(15)21/h2-12H,13-14H2,1H3,(H,22,26). The fraction of sp³-hybridized carbons (Fsp3) is 0.150. The molecular formula is C20H19ClN2O2S. The first-order chi connectivity index (χ1) is 12.7. The minimum absolute atomic E-state index is 0.542. The van der Waals surface area contributed by atoms with Crippen LogP contribution in [0.3, 0.4) is 0 Å². The first-order valence-electron chi connectivity index (χ1n) is 8.11. The molecular weight excluding hydrogens is 368 g/mol. The zero-order valence-corrected chi connectivity index (χ0v) is 15.9. The number of nitrogens with zero attached hydrogens (tertiary/aromatic N) is 1. The van der Waals surface area contributed by atoms with Crippen LogP contribution in [0.4, 0.5) is 5.69 Å². The van der Waals surface area contributed by atoms with E-state index >= 15 is 0 Å². The van der Waals surface area contributed by atoms with E-state index in [9.17, 15) is 0 Å². The predicted octanol–water partition coefficient (Wildman–Crippen LogP) is 5.34. The van der Waals surface area contributed by atoms with Gasteiger partial charge in [0, 0.05) is 17.3 Å². The third-order valence-corrected chi connectivity index (χ3v) is 4.60. The summed E-state index contributed by atoms with van der Waals surface area (Å²) in [5, 5.41) is 4.56. The first-order valence-corrected chi connectivity index (χ1v) is 8.90. The molecule has 0 amide bonds. The molecule has 0 fully saturated rings. The van der Waals surface area contributed by atoms with Crippen molar-refractivity contribution in [3.05, 3.63) is 83.3 Å². The summed E-state index contributed by atoms with van der Waals surface area (Å²) in [7, 11) is 1.64. The number of anilines is 1. The normalized spacial score (nSPS) is 10.4. The van der Waals surface area contributed by atoms with Crippen LogP contribution < -0.4 is 10.1 Å². The van der Waals surface area contributed by atoms with Crippen molar-refractivity contribution in [3.63, 3.8) is 0 Å². The van der Waals surface area contributed by atoms with Gasteiger partial charge < -0.3 is 19.4 Å².